The van der Waals surface area contributed by atoms with Gasteiger partial charge in [-0.1, -0.05) is 0 Å². The number of halogens is 8. The van der Waals surface area contributed by atoms with Gasteiger partial charge in [0.25, 0.3) is 0 Å². The van der Waals surface area contributed by atoms with Crippen LogP contribution in [-0.4, -0.2) is 36.0 Å². The van der Waals surface area contributed by atoms with Crippen LogP contribution < -0.4 is 9.47 Å². The maximum Gasteiger partial charge on any atom is 0.345 e. The first-order valence-electron chi connectivity index (χ1n) is 9.46. The van der Waals surface area contributed by atoms with Crippen molar-refractivity contribution in [3.63, 3.8) is 0 Å². The van der Waals surface area contributed by atoms with Gasteiger partial charge in [-0.3, -0.25) is 4.55 Å². The van der Waals surface area contributed by atoms with Gasteiger partial charge in [0.15, 0.2) is 16.5 Å². The summed E-state index contributed by atoms with van der Waals surface area (Å²) in [5, 5.41) is 9.63. The molecule has 0 aromatic heterocycles. The summed E-state index contributed by atoms with van der Waals surface area (Å²) in [7, 11) is -5.70. The maximum absolute atomic E-state index is 14.1. The summed E-state index contributed by atoms with van der Waals surface area (Å²) >= 11 is 7.48. The van der Waals surface area contributed by atoms with Gasteiger partial charge in [-0.15, -0.1) is 0 Å². The minimum atomic E-state index is -5.70. The Bertz CT molecular complexity index is 1650. The zero-order chi connectivity index (χ0) is 29.6. The first-order chi connectivity index (χ1) is 18.0. The molecule has 2 N–H and O–H groups in total. The zero-order valence-electron chi connectivity index (χ0n) is 18.0. The molecule has 206 valence electrons. The van der Waals surface area contributed by atoms with Crippen LogP contribution in [0.25, 0.3) is 0 Å². The van der Waals surface area contributed by atoms with Crippen LogP contribution in [0, 0.1) is 37.5 Å². The molecular formula is C21H6F4I4O9S. The molecule has 3 aromatic carbocycles. The average molecular weight is 1020 g/mol. The van der Waals surface area contributed by atoms with Gasteiger partial charge in [-0.2, -0.15) is 17.2 Å². The summed E-state index contributed by atoms with van der Waals surface area (Å²) in [6, 6.07) is 3.98. The first-order valence-corrected chi connectivity index (χ1v) is 15.2. The smallest absolute Gasteiger partial charge is 0.345 e. The molecule has 0 bridgehead atoms. The second kappa shape index (κ2) is 12.2. The SMILES string of the molecule is O=C(Oc1c(F)c(F)c(S(=O)(=O)O)c(F)c1F)c1ccc(OC(=O)c2c(I)c(I)c(I)c(I)c2C(=O)O)cc1. The number of carbonyl (C=O) groups is 3. The summed E-state index contributed by atoms with van der Waals surface area (Å²) in [5.41, 5.74) is -0.949. The van der Waals surface area contributed by atoms with Gasteiger partial charge in [0.1, 0.15) is 5.75 Å². The topological polar surface area (TPSA) is 144 Å². The first kappa shape index (κ1) is 32.1. The lowest BCUT2D eigenvalue weighted by Crippen LogP contribution is -2.20. The normalized spacial score (nSPS) is 11.3. The Balaban J connectivity index is 1.89. The van der Waals surface area contributed by atoms with E-state index in [1.54, 1.807) is 45.2 Å². The van der Waals surface area contributed by atoms with Crippen molar-refractivity contribution in [3.05, 3.63) is 78.5 Å². The summed E-state index contributed by atoms with van der Waals surface area (Å²) in [4.78, 5) is 34.7. The van der Waals surface area contributed by atoms with Crippen molar-refractivity contribution in [2.45, 2.75) is 4.90 Å². The molecule has 0 unspecified atom stereocenters. The molecule has 18 heteroatoms. The van der Waals surface area contributed by atoms with Gasteiger partial charge in [0.2, 0.25) is 17.4 Å². The van der Waals surface area contributed by atoms with Crippen molar-refractivity contribution in [1.29, 1.82) is 0 Å². The largest absolute Gasteiger partial charge is 0.478 e. The van der Waals surface area contributed by atoms with Crippen LogP contribution in [0.3, 0.4) is 0 Å². The summed E-state index contributed by atoms with van der Waals surface area (Å²) in [6.45, 7) is 0. The number of carboxylic acid groups (broad SMARTS) is 1. The van der Waals surface area contributed by atoms with Crippen molar-refractivity contribution in [2.75, 3.05) is 0 Å². The van der Waals surface area contributed by atoms with Gasteiger partial charge >= 0.3 is 28.0 Å². The van der Waals surface area contributed by atoms with Crippen LogP contribution in [0.4, 0.5) is 17.6 Å². The van der Waals surface area contributed by atoms with Crippen LogP contribution >= 0.6 is 90.4 Å². The fourth-order valence-electron chi connectivity index (χ4n) is 2.90. The standard InChI is InChI=1S/C21H6F4I4O9S/c22-9-11(24)18(39(34,35)36)12(25)10(23)17(9)38-20(32)5-1-3-6(4-2-5)37-21(33)8-7(19(30)31)13(26)15(28)16(29)14(8)27/h1-4H,(H,30,31)(H,34,35,36). The number of rotatable bonds is 6. The molecule has 0 saturated carbocycles. The molecule has 9 nitrogen and oxygen atoms in total. The predicted molar refractivity (Wildman–Crippen MR) is 157 cm³/mol. The number of carbonyl (C=O) groups excluding carboxylic acids is 2. The Morgan fingerprint density at radius 2 is 1.15 bits per heavy atom. The molecular weight excluding hydrogens is 1010 g/mol. The molecule has 0 aliphatic carbocycles. The number of aromatic carboxylic acids is 1. The number of carboxylic acids is 1. The molecule has 0 radical (unpaired) electrons. The number of hydrogen-bond donors (Lipinski definition) is 2. The highest BCUT2D eigenvalue weighted by Gasteiger charge is 2.34. The van der Waals surface area contributed by atoms with E-state index < -0.39 is 67.5 Å². The lowest BCUT2D eigenvalue weighted by atomic mass is 10.1. The van der Waals surface area contributed by atoms with E-state index >= 15 is 0 Å². The molecule has 0 spiro atoms. The van der Waals surface area contributed by atoms with E-state index in [4.69, 9.17) is 9.29 Å². The number of hydrogen-bond acceptors (Lipinski definition) is 7. The molecule has 0 aliphatic heterocycles. The molecule has 0 aliphatic rings. The highest BCUT2D eigenvalue weighted by Crippen LogP contribution is 2.35. The van der Waals surface area contributed by atoms with Gasteiger partial charge in [0.05, 0.1) is 16.7 Å². The van der Waals surface area contributed by atoms with Gasteiger partial charge in [-0.05, 0) is 115 Å². The second-order valence-electron chi connectivity index (χ2n) is 7.00. The van der Waals surface area contributed by atoms with Crippen molar-refractivity contribution in [1.82, 2.24) is 0 Å². The number of benzene rings is 3. The third kappa shape index (κ3) is 6.43. The molecule has 0 atom stereocenters. The zero-order valence-corrected chi connectivity index (χ0v) is 27.4. The molecule has 0 saturated heterocycles. The lowest BCUT2D eigenvalue weighted by Gasteiger charge is -2.14. The average Bonchev–Trinajstić information content (AvgIpc) is 2.85. The van der Waals surface area contributed by atoms with Crippen LogP contribution in [0.1, 0.15) is 31.1 Å². The van der Waals surface area contributed by atoms with E-state index in [9.17, 15) is 45.5 Å². The summed E-state index contributed by atoms with van der Waals surface area (Å²) in [6.07, 6.45) is 0. The Morgan fingerprint density at radius 3 is 1.59 bits per heavy atom. The highest BCUT2D eigenvalue weighted by atomic mass is 127. The third-order valence-corrected chi connectivity index (χ3v) is 12.9. The second-order valence-corrected chi connectivity index (χ2v) is 12.7. The van der Waals surface area contributed by atoms with Crippen molar-refractivity contribution < 1.29 is 59.5 Å². The van der Waals surface area contributed by atoms with E-state index in [0.29, 0.717) is 14.3 Å². The van der Waals surface area contributed by atoms with Crippen molar-refractivity contribution in [3.8, 4) is 11.5 Å². The Hall–Kier alpha value is -1.38. The fraction of sp³-hybridized carbons (Fsp3) is 0. The molecule has 3 aromatic rings. The van der Waals surface area contributed by atoms with Crippen LogP contribution in [0.5, 0.6) is 11.5 Å². The van der Waals surface area contributed by atoms with Crippen molar-refractivity contribution in [2.24, 2.45) is 0 Å². The van der Waals surface area contributed by atoms with Crippen LogP contribution in [0.2, 0.25) is 0 Å². The monoisotopic (exact) mass is 1020 g/mol. The van der Waals surface area contributed by atoms with E-state index in [1.807, 2.05) is 45.2 Å². The van der Waals surface area contributed by atoms with E-state index in [0.717, 1.165) is 24.3 Å². The van der Waals surface area contributed by atoms with E-state index in [-0.39, 0.29) is 16.9 Å². The third-order valence-electron chi connectivity index (χ3n) is 4.62. The fourth-order valence-corrected chi connectivity index (χ4v) is 7.17. The molecule has 0 amide bonds. The molecule has 0 heterocycles. The summed E-state index contributed by atoms with van der Waals surface area (Å²) < 4.78 is 98.5. The Morgan fingerprint density at radius 1 is 0.692 bits per heavy atom. The molecule has 0 fully saturated rings. The number of ether oxygens (including phenoxy) is 2. The quantitative estimate of drug-likeness (QED) is 0.0575. The minimum Gasteiger partial charge on any atom is -0.478 e. The maximum atomic E-state index is 14.1. The molecule has 39 heavy (non-hydrogen) atoms. The van der Waals surface area contributed by atoms with Gasteiger partial charge < -0.3 is 14.6 Å². The minimum absolute atomic E-state index is 0.181. The van der Waals surface area contributed by atoms with E-state index in [1.165, 1.54) is 0 Å². The highest BCUT2D eigenvalue weighted by molar-refractivity contribution is 14.1. The van der Waals surface area contributed by atoms with Crippen LogP contribution in [0.15, 0.2) is 29.2 Å². The van der Waals surface area contributed by atoms with Crippen LogP contribution in [-0.2, 0) is 10.1 Å². The van der Waals surface area contributed by atoms with E-state index in [2.05, 4.69) is 4.74 Å². The van der Waals surface area contributed by atoms with Gasteiger partial charge in [-0.25, -0.2) is 23.2 Å². The Kier molecular flexibility index (Phi) is 10.1. The van der Waals surface area contributed by atoms with Crippen molar-refractivity contribution >= 4 is 118 Å². The Labute approximate surface area is 269 Å². The molecule has 3 rings (SSSR count). The summed E-state index contributed by atoms with van der Waals surface area (Å²) in [5.74, 6) is -15.9. The number of esters is 2. The lowest BCUT2D eigenvalue weighted by molar-refractivity contribution is 0.0665. The van der Waals surface area contributed by atoms with Gasteiger partial charge in [0, 0.05) is 14.3 Å². The predicted octanol–water partition coefficient (Wildman–Crippen LogP) is 6.04.